The highest BCUT2D eigenvalue weighted by atomic mass is 16.3. The summed E-state index contributed by atoms with van der Waals surface area (Å²) in [5, 5.41) is 14.0. The predicted molar refractivity (Wildman–Crippen MR) is 161 cm³/mol. The molecule has 0 saturated carbocycles. The zero-order chi connectivity index (χ0) is 27.3. The van der Waals surface area contributed by atoms with Gasteiger partial charge in [0.25, 0.3) is 0 Å². The number of nitriles is 1. The van der Waals surface area contributed by atoms with Crippen molar-refractivity contribution in [3.8, 4) is 17.2 Å². The molecular weight excluding hydrogens is 508 g/mol. The van der Waals surface area contributed by atoms with Crippen LogP contribution in [-0.4, -0.2) is 9.97 Å². The fourth-order valence-electron chi connectivity index (χ4n) is 5.54. The molecule has 0 unspecified atom stereocenters. The number of rotatable bonds is 4. The third-order valence-electron chi connectivity index (χ3n) is 7.54. The van der Waals surface area contributed by atoms with E-state index in [0.29, 0.717) is 5.56 Å². The largest absolute Gasteiger partial charge is 0.443 e. The fraction of sp³-hybridized carbons (Fsp3) is 0. The molecule has 0 N–H and O–H groups in total. The average Bonchev–Trinajstić information content (AvgIpc) is 3.69. The summed E-state index contributed by atoms with van der Waals surface area (Å²) >= 11 is 0. The number of nitrogens with zero attached hydrogens (tertiary/aromatic N) is 4. The van der Waals surface area contributed by atoms with Crippen molar-refractivity contribution in [1.29, 1.82) is 5.26 Å². The van der Waals surface area contributed by atoms with Gasteiger partial charge in [0, 0.05) is 17.1 Å². The molecule has 0 radical (unpaired) electrons. The maximum Gasteiger partial charge on any atom is 0.181 e. The summed E-state index contributed by atoms with van der Waals surface area (Å²) in [5.41, 5.74) is 8.70. The Bertz CT molecular complexity index is 2230. The molecule has 6 heteroatoms. The van der Waals surface area contributed by atoms with Crippen LogP contribution in [0, 0.1) is 11.3 Å². The Hall–Kier alpha value is -5.93. The Morgan fingerprint density at radius 2 is 1.17 bits per heavy atom. The van der Waals surface area contributed by atoms with Gasteiger partial charge < -0.3 is 13.7 Å². The van der Waals surface area contributed by atoms with Gasteiger partial charge in [-0.25, -0.2) is 9.97 Å². The molecule has 0 aliphatic rings. The van der Waals surface area contributed by atoms with Gasteiger partial charge in [-0.3, -0.25) is 0 Å². The summed E-state index contributed by atoms with van der Waals surface area (Å²) in [5.74, 6) is 0. The van der Waals surface area contributed by atoms with Crippen molar-refractivity contribution in [2.75, 3.05) is 4.90 Å². The molecule has 0 spiro atoms. The number of benzene rings is 6. The number of hydrogen-bond acceptors (Lipinski definition) is 6. The summed E-state index contributed by atoms with van der Waals surface area (Å²) < 4.78 is 11.0. The highest BCUT2D eigenvalue weighted by Crippen LogP contribution is 2.39. The average molecular weight is 529 g/mol. The Morgan fingerprint density at radius 3 is 1.90 bits per heavy atom. The lowest BCUT2D eigenvalue weighted by Gasteiger charge is -2.25. The summed E-state index contributed by atoms with van der Waals surface area (Å²) in [7, 11) is 0. The van der Waals surface area contributed by atoms with Gasteiger partial charge in [0.2, 0.25) is 0 Å². The minimum Gasteiger partial charge on any atom is -0.443 e. The molecule has 8 aromatic rings. The summed E-state index contributed by atoms with van der Waals surface area (Å²) in [4.78, 5) is 10.9. The molecule has 6 aromatic carbocycles. The SMILES string of the molecule is N#Cc1cc(-c2ccc3cc(N(c4ccc5ocnc5c4)c4ccc5ocnc5c4)ccc3c2)cc2ccccc12. The van der Waals surface area contributed by atoms with E-state index in [1.54, 1.807) is 0 Å². The number of oxazole rings is 2. The van der Waals surface area contributed by atoms with Gasteiger partial charge in [0.15, 0.2) is 24.0 Å². The maximum atomic E-state index is 9.77. The van der Waals surface area contributed by atoms with Crippen molar-refractivity contribution in [1.82, 2.24) is 9.97 Å². The lowest BCUT2D eigenvalue weighted by molar-refractivity contribution is 0.602. The lowest BCUT2D eigenvalue weighted by Crippen LogP contribution is -2.09. The van der Waals surface area contributed by atoms with Crippen LogP contribution in [0.1, 0.15) is 5.56 Å². The number of aromatic nitrogens is 2. The molecule has 2 aromatic heterocycles. The van der Waals surface area contributed by atoms with Crippen LogP contribution >= 0.6 is 0 Å². The van der Waals surface area contributed by atoms with Crippen molar-refractivity contribution in [3.05, 3.63) is 128 Å². The molecule has 0 bridgehead atoms. The maximum absolute atomic E-state index is 9.77. The van der Waals surface area contributed by atoms with E-state index >= 15 is 0 Å². The van der Waals surface area contributed by atoms with E-state index in [9.17, 15) is 5.26 Å². The third-order valence-corrected chi connectivity index (χ3v) is 7.54. The van der Waals surface area contributed by atoms with Gasteiger partial charge in [-0.1, -0.05) is 42.5 Å². The molecule has 41 heavy (non-hydrogen) atoms. The molecule has 8 rings (SSSR count). The van der Waals surface area contributed by atoms with Crippen molar-refractivity contribution in [2.45, 2.75) is 0 Å². The second kappa shape index (κ2) is 9.08. The van der Waals surface area contributed by atoms with E-state index in [2.05, 4.69) is 63.4 Å². The first-order valence-corrected chi connectivity index (χ1v) is 13.2. The van der Waals surface area contributed by atoms with E-state index in [1.165, 1.54) is 12.8 Å². The molecule has 0 saturated heterocycles. The quantitative estimate of drug-likeness (QED) is 0.226. The van der Waals surface area contributed by atoms with Crippen LogP contribution in [0.2, 0.25) is 0 Å². The fourth-order valence-corrected chi connectivity index (χ4v) is 5.54. The van der Waals surface area contributed by atoms with Crippen molar-refractivity contribution < 1.29 is 8.83 Å². The van der Waals surface area contributed by atoms with Gasteiger partial charge in [-0.15, -0.1) is 0 Å². The van der Waals surface area contributed by atoms with E-state index < -0.39 is 0 Å². The van der Waals surface area contributed by atoms with Gasteiger partial charge >= 0.3 is 0 Å². The van der Waals surface area contributed by atoms with Crippen molar-refractivity contribution >= 4 is 60.8 Å². The molecule has 0 aliphatic heterocycles. The molecule has 0 atom stereocenters. The molecule has 6 nitrogen and oxygen atoms in total. The monoisotopic (exact) mass is 528 g/mol. The minimum atomic E-state index is 0.678. The molecular formula is C35H20N4O2. The van der Waals surface area contributed by atoms with Gasteiger partial charge in [0.1, 0.15) is 11.0 Å². The number of hydrogen-bond donors (Lipinski definition) is 0. The molecule has 2 heterocycles. The van der Waals surface area contributed by atoms with Crippen molar-refractivity contribution in [2.24, 2.45) is 0 Å². The standard InChI is InChI=1S/C35H20N4O2/c36-19-27-15-26(14-25-3-1-2-4-31(25)27)23-5-6-24-16-28(8-7-22(24)13-23)39(29-9-11-34-32(17-29)37-20-40-34)30-10-12-35-33(18-30)38-21-41-35/h1-18,20-21H. The smallest absolute Gasteiger partial charge is 0.181 e. The Balaban J connectivity index is 1.25. The Morgan fingerprint density at radius 1 is 0.561 bits per heavy atom. The first-order valence-electron chi connectivity index (χ1n) is 13.2. The highest BCUT2D eigenvalue weighted by Gasteiger charge is 2.16. The highest BCUT2D eigenvalue weighted by molar-refractivity contribution is 5.96. The van der Waals surface area contributed by atoms with Crippen LogP contribution in [0.4, 0.5) is 17.1 Å². The molecule has 0 fully saturated rings. The number of fused-ring (bicyclic) bond motifs is 4. The number of anilines is 3. The summed E-state index contributed by atoms with van der Waals surface area (Å²) in [6.07, 6.45) is 2.92. The second-order valence-corrected chi connectivity index (χ2v) is 9.95. The van der Waals surface area contributed by atoms with Crippen LogP contribution in [0.15, 0.2) is 131 Å². The second-order valence-electron chi connectivity index (χ2n) is 9.95. The molecule has 0 amide bonds. The first kappa shape index (κ1) is 23.0. The van der Waals surface area contributed by atoms with Crippen molar-refractivity contribution in [3.63, 3.8) is 0 Å². The van der Waals surface area contributed by atoms with Crippen LogP contribution in [0.3, 0.4) is 0 Å². The third kappa shape index (κ3) is 3.88. The summed E-state index contributed by atoms with van der Waals surface area (Å²) in [6, 6.07) is 39.3. The van der Waals surface area contributed by atoms with Crippen LogP contribution in [-0.2, 0) is 0 Å². The van der Waals surface area contributed by atoms with E-state index in [4.69, 9.17) is 8.83 Å². The topological polar surface area (TPSA) is 79.1 Å². The van der Waals surface area contributed by atoms with Crippen LogP contribution in [0.25, 0.3) is 54.9 Å². The van der Waals surface area contributed by atoms with Crippen LogP contribution in [0.5, 0.6) is 0 Å². The van der Waals surface area contributed by atoms with Crippen LogP contribution < -0.4 is 4.90 Å². The van der Waals surface area contributed by atoms with E-state index in [-0.39, 0.29) is 0 Å². The first-order chi connectivity index (χ1) is 20.2. The summed E-state index contributed by atoms with van der Waals surface area (Å²) in [6.45, 7) is 0. The Kier molecular flexibility index (Phi) is 5.09. The predicted octanol–water partition coefficient (Wildman–Crippen LogP) is 9.28. The van der Waals surface area contributed by atoms with E-state index in [0.717, 1.165) is 71.9 Å². The van der Waals surface area contributed by atoms with E-state index in [1.807, 2.05) is 66.7 Å². The van der Waals surface area contributed by atoms with Gasteiger partial charge in [-0.05, 0) is 99.4 Å². The van der Waals surface area contributed by atoms with Gasteiger partial charge in [0.05, 0.1) is 11.6 Å². The molecule has 192 valence electrons. The normalized spacial score (nSPS) is 11.4. The molecule has 0 aliphatic carbocycles. The lowest BCUT2D eigenvalue weighted by atomic mass is 9.95. The zero-order valence-electron chi connectivity index (χ0n) is 21.7. The van der Waals surface area contributed by atoms with Gasteiger partial charge in [-0.2, -0.15) is 5.26 Å². The minimum absolute atomic E-state index is 0.678. The Labute approximate surface area is 234 Å². The zero-order valence-corrected chi connectivity index (χ0v) is 21.7.